The van der Waals surface area contributed by atoms with Gasteiger partial charge in [-0.15, -0.1) is 11.3 Å². The molecule has 3 aromatic heterocycles. The first-order valence-corrected chi connectivity index (χ1v) is 9.57. The van der Waals surface area contributed by atoms with Crippen LogP contribution in [0.4, 0.5) is 11.5 Å². The van der Waals surface area contributed by atoms with Gasteiger partial charge in [-0.25, -0.2) is 9.97 Å². The van der Waals surface area contributed by atoms with Crippen LogP contribution in [0.15, 0.2) is 60.2 Å². The first-order chi connectivity index (χ1) is 13.2. The van der Waals surface area contributed by atoms with Crippen LogP contribution in [-0.4, -0.2) is 27.5 Å². The second kappa shape index (κ2) is 7.69. The summed E-state index contributed by atoms with van der Waals surface area (Å²) in [7, 11) is 0. The number of fused-ring (bicyclic) bond motifs is 1. The highest BCUT2D eigenvalue weighted by molar-refractivity contribution is 7.18. The number of nitrogens with one attached hydrogen (secondary N) is 1. The van der Waals surface area contributed by atoms with Crippen molar-refractivity contribution < 1.29 is 0 Å². The van der Waals surface area contributed by atoms with Crippen molar-refractivity contribution in [2.24, 2.45) is 5.73 Å². The Labute approximate surface area is 161 Å². The largest absolute Gasteiger partial charge is 0.396 e. The Hall–Kier alpha value is -3.03. The van der Waals surface area contributed by atoms with Crippen molar-refractivity contribution in [1.29, 1.82) is 0 Å². The number of nitrogen functional groups attached to an aromatic ring is 1. The number of thiophene rings is 1. The van der Waals surface area contributed by atoms with E-state index in [4.69, 9.17) is 16.5 Å². The van der Waals surface area contributed by atoms with Gasteiger partial charge in [0, 0.05) is 35.9 Å². The molecule has 0 aliphatic rings. The Morgan fingerprint density at radius 1 is 1.04 bits per heavy atom. The fourth-order valence-electron chi connectivity index (χ4n) is 2.90. The molecule has 136 valence electrons. The molecule has 0 aliphatic heterocycles. The number of pyridine rings is 1. The Morgan fingerprint density at radius 3 is 2.59 bits per heavy atom. The van der Waals surface area contributed by atoms with Crippen molar-refractivity contribution in [2.45, 2.75) is 12.5 Å². The van der Waals surface area contributed by atoms with Crippen molar-refractivity contribution in [3.8, 4) is 11.4 Å². The predicted molar refractivity (Wildman–Crippen MR) is 112 cm³/mol. The lowest BCUT2D eigenvalue weighted by Gasteiger charge is -2.14. The molecule has 1 atom stereocenters. The smallest absolute Gasteiger partial charge is 0.162 e. The lowest BCUT2D eigenvalue weighted by atomic mass is 10.1. The minimum Gasteiger partial charge on any atom is -0.396 e. The molecule has 0 radical (unpaired) electrons. The first kappa shape index (κ1) is 17.4. The molecule has 0 fully saturated rings. The van der Waals surface area contributed by atoms with Crippen LogP contribution < -0.4 is 16.8 Å². The average Bonchev–Trinajstić information content (AvgIpc) is 3.08. The Kier molecular flexibility index (Phi) is 4.95. The number of hydrogen-bond donors (Lipinski definition) is 3. The topological polar surface area (TPSA) is 103 Å². The van der Waals surface area contributed by atoms with Gasteiger partial charge in [0.05, 0.1) is 10.4 Å². The molecule has 0 amide bonds. The van der Waals surface area contributed by atoms with E-state index in [0.29, 0.717) is 18.1 Å². The van der Waals surface area contributed by atoms with E-state index in [2.05, 4.69) is 27.4 Å². The van der Waals surface area contributed by atoms with E-state index in [1.165, 1.54) is 16.9 Å². The van der Waals surface area contributed by atoms with Crippen LogP contribution in [0, 0.1) is 0 Å². The van der Waals surface area contributed by atoms with Gasteiger partial charge in [-0.2, -0.15) is 0 Å². The number of anilines is 2. The number of nitrogens with two attached hydrogens (primary N) is 2. The Morgan fingerprint density at radius 2 is 1.81 bits per heavy atom. The number of hydrogen-bond acceptors (Lipinski definition) is 7. The van der Waals surface area contributed by atoms with E-state index < -0.39 is 0 Å². The zero-order chi connectivity index (χ0) is 18.6. The molecule has 4 rings (SSSR count). The van der Waals surface area contributed by atoms with Crippen LogP contribution in [0.5, 0.6) is 0 Å². The molecule has 1 aromatic carbocycles. The van der Waals surface area contributed by atoms with Gasteiger partial charge in [0.25, 0.3) is 0 Å². The van der Waals surface area contributed by atoms with Gasteiger partial charge < -0.3 is 16.8 Å². The van der Waals surface area contributed by atoms with Crippen LogP contribution in [0.25, 0.3) is 21.6 Å². The molecule has 3 heterocycles. The van der Waals surface area contributed by atoms with Gasteiger partial charge in [0.2, 0.25) is 0 Å². The minimum absolute atomic E-state index is 0.0286. The monoisotopic (exact) mass is 376 g/mol. The molecule has 0 aliphatic carbocycles. The van der Waals surface area contributed by atoms with Crippen molar-refractivity contribution in [3.05, 3.63) is 65.8 Å². The van der Waals surface area contributed by atoms with Gasteiger partial charge >= 0.3 is 0 Å². The molecule has 5 N–H and O–H groups in total. The Balaban J connectivity index is 1.59. The van der Waals surface area contributed by atoms with E-state index in [0.717, 1.165) is 28.0 Å². The summed E-state index contributed by atoms with van der Waals surface area (Å²) in [4.78, 5) is 13.4. The predicted octanol–water partition coefficient (Wildman–Crippen LogP) is 3.32. The minimum atomic E-state index is -0.0286. The fraction of sp³-hybridized carbons (Fsp3) is 0.150. The highest BCUT2D eigenvalue weighted by atomic mass is 32.1. The van der Waals surface area contributed by atoms with Crippen LogP contribution in [-0.2, 0) is 6.42 Å². The molecule has 1 unspecified atom stereocenters. The summed E-state index contributed by atoms with van der Waals surface area (Å²) in [5, 5.41) is 5.29. The molecule has 0 saturated carbocycles. The zero-order valence-corrected chi connectivity index (χ0v) is 15.5. The van der Waals surface area contributed by atoms with Crippen molar-refractivity contribution >= 4 is 33.1 Å². The lowest BCUT2D eigenvalue weighted by molar-refractivity contribution is 0.698. The summed E-state index contributed by atoms with van der Waals surface area (Å²) in [6.07, 6.45) is 4.25. The van der Waals surface area contributed by atoms with E-state index in [9.17, 15) is 0 Å². The maximum Gasteiger partial charge on any atom is 0.162 e. The van der Waals surface area contributed by atoms with Crippen LogP contribution in [0.1, 0.15) is 5.56 Å². The SMILES string of the molecule is Nc1csc2c(NCC(N)Cc3ccccc3)nc(-c3ccncc3)nc12. The summed E-state index contributed by atoms with van der Waals surface area (Å²) in [6.45, 7) is 0.606. The summed E-state index contributed by atoms with van der Waals surface area (Å²) >= 11 is 1.53. The van der Waals surface area contributed by atoms with E-state index in [-0.39, 0.29) is 6.04 Å². The normalized spacial score (nSPS) is 12.2. The average molecular weight is 376 g/mol. The molecular formula is C20H20N6S. The first-order valence-electron chi connectivity index (χ1n) is 8.69. The molecule has 27 heavy (non-hydrogen) atoms. The third-order valence-corrected chi connectivity index (χ3v) is 5.25. The molecule has 4 aromatic rings. The number of benzene rings is 1. The van der Waals surface area contributed by atoms with Crippen LogP contribution >= 0.6 is 11.3 Å². The quantitative estimate of drug-likeness (QED) is 0.477. The molecule has 0 bridgehead atoms. The Bertz CT molecular complexity index is 1030. The maximum absolute atomic E-state index is 6.32. The van der Waals surface area contributed by atoms with Gasteiger partial charge in [0.15, 0.2) is 5.82 Å². The third-order valence-electron chi connectivity index (χ3n) is 4.25. The number of aromatic nitrogens is 3. The highest BCUT2D eigenvalue weighted by Gasteiger charge is 2.14. The van der Waals surface area contributed by atoms with Crippen LogP contribution in [0.3, 0.4) is 0 Å². The standard InChI is InChI=1S/C20H20N6S/c21-15(10-13-4-2-1-3-5-13)11-24-20-18-17(16(22)12-27-18)25-19(26-20)14-6-8-23-9-7-14/h1-9,12,15H,10-11,21-22H2,(H,24,25,26). The van der Waals surface area contributed by atoms with Gasteiger partial charge in [-0.1, -0.05) is 30.3 Å². The summed E-state index contributed by atoms with van der Waals surface area (Å²) < 4.78 is 0.942. The van der Waals surface area contributed by atoms with Crippen molar-refractivity contribution in [2.75, 3.05) is 17.6 Å². The number of rotatable bonds is 6. The van der Waals surface area contributed by atoms with Gasteiger partial charge in [-0.05, 0) is 24.1 Å². The van der Waals surface area contributed by atoms with Gasteiger partial charge in [0.1, 0.15) is 11.3 Å². The fourth-order valence-corrected chi connectivity index (χ4v) is 3.76. The lowest BCUT2D eigenvalue weighted by Crippen LogP contribution is -2.31. The molecule has 7 heteroatoms. The summed E-state index contributed by atoms with van der Waals surface area (Å²) in [5.41, 5.74) is 16.0. The molecule has 0 spiro atoms. The number of nitrogens with zero attached hydrogens (tertiary/aromatic N) is 3. The van der Waals surface area contributed by atoms with E-state index in [1.54, 1.807) is 12.4 Å². The van der Waals surface area contributed by atoms with Crippen molar-refractivity contribution in [1.82, 2.24) is 15.0 Å². The van der Waals surface area contributed by atoms with E-state index >= 15 is 0 Å². The highest BCUT2D eigenvalue weighted by Crippen LogP contribution is 2.33. The molecular weight excluding hydrogens is 356 g/mol. The van der Waals surface area contributed by atoms with Crippen molar-refractivity contribution in [3.63, 3.8) is 0 Å². The third kappa shape index (κ3) is 3.89. The van der Waals surface area contributed by atoms with Crippen LogP contribution in [0.2, 0.25) is 0 Å². The zero-order valence-electron chi connectivity index (χ0n) is 14.7. The maximum atomic E-state index is 6.32. The van der Waals surface area contributed by atoms with E-state index in [1.807, 2.05) is 35.7 Å². The molecule has 6 nitrogen and oxygen atoms in total. The molecule has 0 saturated heterocycles. The summed E-state index contributed by atoms with van der Waals surface area (Å²) in [5.74, 6) is 1.38. The second-order valence-electron chi connectivity index (χ2n) is 6.33. The second-order valence-corrected chi connectivity index (χ2v) is 7.21. The van der Waals surface area contributed by atoms with Gasteiger partial charge in [-0.3, -0.25) is 4.98 Å². The summed E-state index contributed by atoms with van der Waals surface area (Å²) in [6, 6.07) is 14.0.